The van der Waals surface area contributed by atoms with Crippen LogP contribution in [-0.4, -0.2) is 72.9 Å². The van der Waals surface area contributed by atoms with Crippen molar-refractivity contribution in [2.45, 2.75) is 13.8 Å². The number of ether oxygens (including phenoxy) is 3. The van der Waals surface area contributed by atoms with Gasteiger partial charge in [-0.15, -0.1) is 0 Å². The molecule has 0 unspecified atom stereocenters. The molecule has 0 radical (unpaired) electrons. The number of hydrogen-bond acceptors (Lipinski definition) is 6. The predicted octanol–water partition coefficient (Wildman–Crippen LogP) is 2.93. The second-order valence-electron chi connectivity index (χ2n) is 7.86. The van der Waals surface area contributed by atoms with Crippen LogP contribution in [0.2, 0.25) is 0 Å². The molecule has 170 valence electrons. The summed E-state index contributed by atoms with van der Waals surface area (Å²) in [5.41, 5.74) is 3.83. The van der Waals surface area contributed by atoms with E-state index in [9.17, 15) is 4.79 Å². The maximum absolute atomic E-state index is 12.8. The van der Waals surface area contributed by atoms with Gasteiger partial charge in [-0.3, -0.25) is 9.69 Å². The highest BCUT2D eigenvalue weighted by Gasteiger charge is 2.14. The number of nitrogens with zero attached hydrogens (tertiary/aromatic N) is 3. The standard InChI is InChI=1S/C24H30N4O4/c1-18-17-19(2)28-8-7-22(23(28)25-18)24(29)26-20-3-5-21(6-4-20)32-16-15-31-14-11-27-9-12-30-13-10-27/h3-8,17H,9-16H2,1-2H3,(H,26,29). The number of rotatable bonds is 9. The van der Waals surface area contributed by atoms with Gasteiger partial charge in [0.05, 0.1) is 32.0 Å². The fraction of sp³-hybridized carbons (Fsp3) is 0.417. The van der Waals surface area contributed by atoms with Crippen molar-refractivity contribution in [3.05, 3.63) is 59.5 Å². The molecular formula is C24H30N4O4. The molecule has 1 aliphatic heterocycles. The summed E-state index contributed by atoms with van der Waals surface area (Å²) >= 11 is 0. The largest absolute Gasteiger partial charge is 0.491 e. The summed E-state index contributed by atoms with van der Waals surface area (Å²) in [5, 5.41) is 2.93. The van der Waals surface area contributed by atoms with Gasteiger partial charge in [0.1, 0.15) is 18.0 Å². The summed E-state index contributed by atoms with van der Waals surface area (Å²) in [6, 6.07) is 11.1. The van der Waals surface area contributed by atoms with E-state index in [4.69, 9.17) is 14.2 Å². The van der Waals surface area contributed by atoms with Crippen LogP contribution in [0.3, 0.4) is 0 Å². The molecule has 1 aromatic carbocycles. The number of morpholine rings is 1. The average Bonchev–Trinajstić information content (AvgIpc) is 3.22. The highest BCUT2D eigenvalue weighted by atomic mass is 16.5. The lowest BCUT2D eigenvalue weighted by Crippen LogP contribution is -2.38. The smallest absolute Gasteiger partial charge is 0.259 e. The van der Waals surface area contributed by atoms with Crippen LogP contribution in [0.15, 0.2) is 42.6 Å². The zero-order valence-electron chi connectivity index (χ0n) is 18.7. The molecule has 0 spiro atoms. The van der Waals surface area contributed by atoms with Crippen molar-refractivity contribution in [2.24, 2.45) is 0 Å². The van der Waals surface area contributed by atoms with E-state index < -0.39 is 0 Å². The molecule has 3 aromatic rings. The van der Waals surface area contributed by atoms with Crippen molar-refractivity contribution < 1.29 is 19.0 Å². The Bertz CT molecular complexity index is 1040. The maximum Gasteiger partial charge on any atom is 0.259 e. The van der Waals surface area contributed by atoms with Gasteiger partial charge in [0.15, 0.2) is 0 Å². The van der Waals surface area contributed by atoms with Crippen molar-refractivity contribution in [3.63, 3.8) is 0 Å². The van der Waals surface area contributed by atoms with Crippen molar-refractivity contribution >= 4 is 17.2 Å². The minimum absolute atomic E-state index is 0.188. The van der Waals surface area contributed by atoms with Crippen LogP contribution in [0, 0.1) is 13.8 Å². The van der Waals surface area contributed by atoms with Crippen LogP contribution in [-0.2, 0) is 9.47 Å². The molecule has 8 nitrogen and oxygen atoms in total. The third-order valence-corrected chi connectivity index (χ3v) is 5.45. The Kier molecular flexibility index (Phi) is 7.36. The normalized spacial score (nSPS) is 14.6. The second-order valence-corrected chi connectivity index (χ2v) is 7.86. The average molecular weight is 439 g/mol. The Morgan fingerprint density at radius 2 is 1.88 bits per heavy atom. The molecule has 0 atom stereocenters. The van der Waals surface area contributed by atoms with Gasteiger partial charge in [0.2, 0.25) is 0 Å². The molecule has 1 saturated heterocycles. The summed E-state index contributed by atoms with van der Waals surface area (Å²) in [4.78, 5) is 19.6. The minimum Gasteiger partial charge on any atom is -0.491 e. The Hall–Kier alpha value is -2.94. The summed E-state index contributed by atoms with van der Waals surface area (Å²) in [7, 11) is 0. The Labute approximate surface area is 188 Å². The summed E-state index contributed by atoms with van der Waals surface area (Å²) < 4.78 is 18.6. The number of carbonyl (C=O) groups is 1. The summed E-state index contributed by atoms with van der Waals surface area (Å²) in [5.74, 6) is 0.550. The van der Waals surface area contributed by atoms with Gasteiger partial charge in [-0.05, 0) is 50.2 Å². The SMILES string of the molecule is Cc1cc(C)n2ccc(C(=O)Nc3ccc(OCCOCCN4CCOCC4)cc3)c2n1. The fourth-order valence-corrected chi connectivity index (χ4v) is 3.74. The van der Waals surface area contributed by atoms with Crippen LogP contribution in [0.5, 0.6) is 5.75 Å². The number of fused-ring (bicyclic) bond motifs is 1. The molecule has 3 heterocycles. The number of nitrogens with one attached hydrogen (secondary N) is 1. The Morgan fingerprint density at radius 3 is 2.66 bits per heavy atom. The van der Waals surface area contributed by atoms with Gasteiger partial charge in [-0.25, -0.2) is 4.98 Å². The number of amides is 1. The molecule has 2 aromatic heterocycles. The van der Waals surface area contributed by atoms with Gasteiger partial charge in [0.25, 0.3) is 5.91 Å². The molecule has 0 bridgehead atoms. The number of carbonyl (C=O) groups excluding carboxylic acids is 1. The first-order valence-corrected chi connectivity index (χ1v) is 11.0. The van der Waals surface area contributed by atoms with Gasteiger partial charge < -0.3 is 23.9 Å². The molecule has 1 aliphatic rings. The molecule has 1 amide bonds. The molecule has 0 aliphatic carbocycles. The number of benzene rings is 1. The maximum atomic E-state index is 12.8. The molecule has 0 saturated carbocycles. The minimum atomic E-state index is -0.188. The monoisotopic (exact) mass is 438 g/mol. The molecule has 1 N–H and O–H groups in total. The van der Waals surface area contributed by atoms with E-state index in [1.807, 2.05) is 54.8 Å². The van der Waals surface area contributed by atoms with Crippen molar-refractivity contribution in [3.8, 4) is 5.75 Å². The van der Waals surface area contributed by atoms with E-state index in [0.717, 1.165) is 50.0 Å². The first-order valence-electron chi connectivity index (χ1n) is 11.0. The molecule has 1 fully saturated rings. The highest BCUT2D eigenvalue weighted by molar-refractivity contribution is 6.08. The van der Waals surface area contributed by atoms with Gasteiger partial charge in [-0.2, -0.15) is 0 Å². The Morgan fingerprint density at radius 1 is 1.09 bits per heavy atom. The van der Waals surface area contributed by atoms with E-state index in [2.05, 4.69) is 15.2 Å². The van der Waals surface area contributed by atoms with Crippen LogP contribution in [0.1, 0.15) is 21.7 Å². The first-order chi connectivity index (χ1) is 15.6. The van der Waals surface area contributed by atoms with E-state index >= 15 is 0 Å². The summed E-state index contributed by atoms with van der Waals surface area (Å²) in [6.45, 7) is 10.1. The zero-order chi connectivity index (χ0) is 22.3. The first kappa shape index (κ1) is 22.3. The number of anilines is 1. The zero-order valence-corrected chi connectivity index (χ0v) is 18.7. The quantitative estimate of drug-likeness (QED) is 0.518. The molecule has 8 heteroatoms. The van der Waals surface area contributed by atoms with Crippen LogP contribution < -0.4 is 10.1 Å². The van der Waals surface area contributed by atoms with Crippen molar-refractivity contribution in [2.75, 3.05) is 58.0 Å². The molecule has 32 heavy (non-hydrogen) atoms. The van der Waals surface area contributed by atoms with Crippen LogP contribution in [0.4, 0.5) is 5.69 Å². The van der Waals surface area contributed by atoms with Gasteiger partial charge in [0, 0.05) is 42.9 Å². The van der Waals surface area contributed by atoms with E-state index in [-0.39, 0.29) is 5.91 Å². The third-order valence-electron chi connectivity index (χ3n) is 5.45. The Balaban J connectivity index is 1.22. The molecule has 4 rings (SSSR count). The second kappa shape index (κ2) is 10.6. The van der Waals surface area contributed by atoms with Crippen molar-refractivity contribution in [1.82, 2.24) is 14.3 Å². The van der Waals surface area contributed by atoms with Gasteiger partial charge in [-0.1, -0.05) is 0 Å². The van der Waals surface area contributed by atoms with E-state index in [1.165, 1.54) is 0 Å². The van der Waals surface area contributed by atoms with Crippen LogP contribution >= 0.6 is 0 Å². The number of hydrogen-bond donors (Lipinski definition) is 1. The number of aryl methyl sites for hydroxylation is 2. The third kappa shape index (κ3) is 5.64. The lowest BCUT2D eigenvalue weighted by molar-refractivity contribution is 0.0170. The molecular weight excluding hydrogens is 408 g/mol. The lowest BCUT2D eigenvalue weighted by Gasteiger charge is -2.26. The highest BCUT2D eigenvalue weighted by Crippen LogP contribution is 2.19. The topological polar surface area (TPSA) is 77.3 Å². The fourth-order valence-electron chi connectivity index (χ4n) is 3.74. The predicted molar refractivity (Wildman–Crippen MR) is 123 cm³/mol. The summed E-state index contributed by atoms with van der Waals surface area (Å²) in [6.07, 6.45) is 1.87. The lowest BCUT2D eigenvalue weighted by atomic mass is 10.2. The van der Waals surface area contributed by atoms with Gasteiger partial charge >= 0.3 is 0 Å². The van der Waals surface area contributed by atoms with E-state index in [0.29, 0.717) is 36.7 Å². The van der Waals surface area contributed by atoms with Crippen molar-refractivity contribution in [1.29, 1.82) is 0 Å². The number of aromatic nitrogens is 2. The van der Waals surface area contributed by atoms with E-state index in [1.54, 1.807) is 6.07 Å². The van der Waals surface area contributed by atoms with Crippen LogP contribution in [0.25, 0.3) is 5.65 Å².